The van der Waals surface area contributed by atoms with Gasteiger partial charge in [-0.05, 0) is 6.92 Å². The topological polar surface area (TPSA) is 50.4 Å². The van der Waals surface area contributed by atoms with Crippen LogP contribution in [0.15, 0.2) is 12.7 Å². The van der Waals surface area contributed by atoms with E-state index in [0.717, 1.165) is 19.6 Å². The summed E-state index contributed by atoms with van der Waals surface area (Å²) in [5.41, 5.74) is 0. The molecule has 1 aliphatic rings. The lowest BCUT2D eigenvalue weighted by Gasteiger charge is -2.28. The quantitative estimate of drug-likeness (QED) is 0.465. The van der Waals surface area contributed by atoms with Gasteiger partial charge in [0.1, 0.15) is 6.10 Å². The van der Waals surface area contributed by atoms with Crippen LogP contribution in [0.2, 0.25) is 0 Å². The van der Waals surface area contributed by atoms with Crippen molar-refractivity contribution < 1.29 is 9.53 Å². The minimum Gasteiger partial charge on any atom is -0.458 e. The molecule has 4 heteroatoms. The number of hydrogen-bond donors (Lipinski definition) is 2. The van der Waals surface area contributed by atoms with Gasteiger partial charge in [0.05, 0.1) is 6.04 Å². The highest BCUT2D eigenvalue weighted by Crippen LogP contribution is 2.01. The molecular weight excluding hydrogens is 168 g/mol. The molecule has 0 spiro atoms. The lowest BCUT2D eigenvalue weighted by atomic mass is 10.1. The second kappa shape index (κ2) is 4.99. The van der Waals surface area contributed by atoms with Gasteiger partial charge in [0.15, 0.2) is 0 Å². The average molecular weight is 184 g/mol. The van der Waals surface area contributed by atoms with E-state index in [1.165, 1.54) is 6.08 Å². The number of rotatable bonds is 3. The lowest BCUT2D eigenvalue weighted by molar-refractivity contribution is -0.143. The Morgan fingerprint density at radius 2 is 2.46 bits per heavy atom. The number of carbonyl (C=O) groups excluding carboxylic acids is 1. The van der Waals surface area contributed by atoms with Crippen molar-refractivity contribution in [1.29, 1.82) is 0 Å². The third-order valence-corrected chi connectivity index (χ3v) is 2.11. The molecule has 0 bridgehead atoms. The third-order valence-electron chi connectivity index (χ3n) is 2.11. The second-order valence-corrected chi connectivity index (χ2v) is 3.11. The van der Waals surface area contributed by atoms with E-state index in [0.29, 0.717) is 0 Å². The normalized spacial score (nSPS) is 24.8. The van der Waals surface area contributed by atoms with E-state index in [1.807, 2.05) is 6.92 Å². The molecule has 2 N–H and O–H groups in total. The van der Waals surface area contributed by atoms with Gasteiger partial charge in [-0.25, -0.2) is 4.79 Å². The van der Waals surface area contributed by atoms with Crippen molar-refractivity contribution in [3.8, 4) is 0 Å². The Balaban J connectivity index is 2.32. The van der Waals surface area contributed by atoms with Gasteiger partial charge in [0.25, 0.3) is 0 Å². The second-order valence-electron chi connectivity index (χ2n) is 3.11. The fraction of sp³-hybridized carbons (Fsp3) is 0.667. The summed E-state index contributed by atoms with van der Waals surface area (Å²) in [7, 11) is 0. The highest BCUT2D eigenvalue weighted by molar-refractivity contribution is 5.81. The fourth-order valence-corrected chi connectivity index (χ4v) is 1.32. The minimum atomic E-state index is -0.361. The molecule has 1 rings (SSSR count). The third kappa shape index (κ3) is 3.16. The average Bonchev–Trinajstić information content (AvgIpc) is 2.19. The summed E-state index contributed by atoms with van der Waals surface area (Å²) in [6.07, 6.45) is 1.07. The molecule has 0 saturated carbocycles. The van der Waals surface area contributed by atoms with E-state index in [4.69, 9.17) is 4.74 Å². The maximum atomic E-state index is 10.9. The Bertz CT molecular complexity index is 188. The standard InChI is InChI=1S/C9H16N2O2/c1-3-9(12)13-7(2)8-6-10-4-5-11-8/h3,7-8,10-11H,1,4-6H2,2H3. The number of carbonyl (C=O) groups is 1. The van der Waals surface area contributed by atoms with E-state index in [2.05, 4.69) is 17.2 Å². The van der Waals surface area contributed by atoms with Crippen LogP contribution in [0.1, 0.15) is 6.92 Å². The number of hydrogen-bond acceptors (Lipinski definition) is 4. The first-order valence-electron chi connectivity index (χ1n) is 4.51. The summed E-state index contributed by atoms with van der Waals surface area (Å²) in [6.45, 7) is 7.96. The summed E-state index contributed by atoms with van der Waals surface area (Å²) in [5.74, 6) is -0.361. The van der Waals surface area contributed by atoms with Crippen molar-refractivity contribution in [2.45, 2.75) is 19.1 Å². The number of nitrogens with one attached hydrogen (secondary N) is 2. The zero-order valence-corrected chi connectivity index (χ0v) is 7.88. The van der Waals surface area contributed by atoms with Gasteiger partial charge in [-0.2, -0.15) is 0 Å². The van der Waals surface area contributed by atoms with Crippen LogP contribution in [0.4, 0.5) is 0 Å². The Morgan fingerprint density at radius 3 is 3.00 bits per heavy atom. The molecule has 13 heavy (non-hydrogen) atoms. The summed E-state index contributed by atoms with van der Waals surface area (Å²) in [4.78, 5) is 10.9. The molecule has 1 aliphatic heterocycles. The summed E-state index contributed by atoms with van der Waals surface area (Å²) in [5, 5.41) is 6.50. The number of piperazine rings is 1. The van der Waals surface area contributed by atoms with Gasteiger partial charge in [-0.3, -0.25) is 0 Å². The molecule has 1 saturated heterocycles. The zero-order valence-electron chi connectivity index (χ0n) is 7.88. The first-order chi connectivity index (χ1) is 6.24. The molecule has 1 heterocycles. The number of esters is 1. The predicted molar refractivity (Wildman–Crippen MR) is 50.4 cm³/mol. The first kappa shape index (κ1) is 10.2. The van der Waals surface area contributed by atoms with E-state index in [1.54, 1.807) is 0 Å². The van der Waals surface area contributed by atoms with Crippen LogP contribution < -0.4 is 10.6 Å². The SMILES string of the molecule is C=CC(=O)OC(C)C1CNCCN1. The molecule has 74 valence electrons. The molecule has 0 aromatic rings. The summed E-state index contributed by atoms with van der Waals surface area (Å²) in [6, 6.07) is 0.206. The van der Waals surface area contributed by atoms with E-state index >= 15 is 0 Å². The molecule has 4 nitrogen and oxygen atoms in total. The van der Waals surface area contributed by atoms with Gasteiger partial charge in [0, 0.05) is 25.7 Å². The van der Waals surface area contributed by atoms with Gasteiger partial charge in [0.2, 0.25) is 0 Å². The van der Waals surface area contributed by atoms with Gasteiger partial charge in [-0.1, -0.05) is 6.58 Å². The minimum absolute atomic E-state index is 0.113. The van der Waals surface area contributed by atoms with Crippen molar-refractivity contribution in [1.82, 2.24) is 10.6 Å². The molecule has 2 atom stereocenters. The highest BCUT2D eigenvalue weighted by Gasteiger charge is 2.21. The van der Waals surface area contributed by atoms with Crippen LogP contribution in [0.3, 0.4) is 0 Å². The molecule has 0 amide bonds. The lowest BCUT2D eigenvalue weighted by Crippen LogP contribution is -2.54. The number of ether oxygens (including phenoxy) is 1. The van der Waals surface area contributed by atoms with Crippen LogP contribution in [-0.4, -0.2) is 37.7 Å². The molecule has 2 unspecified atom stereocenters. The molecule has 0 aliphatic carbocycles. The van der Waals surface area contributed by atoms with Crippen molar-refractivity contribution in [3.05, 3.63) is 12.7 Å². The Morgan fingerprint density at radius 1 is 1.69 bits per heavy atom. The molecular formula is C9H16N2O2. The molecule has 0 aromatic heterocycles. The van der Waals surface area contributed by atoms with Crippen LogP contribution in [0.5, 0.6) is 0 Å². The Hall–Kier alpha value is -0.870. The van der Waals surface area contributed by atoms with E-state index in [9.17, 15) is 4.79 Å². The fourth-order valence-electron chi connectivity index (χ4n) is 1.32. The Labute approximate surface area is 78.3 Å². The zero-order chi connectivity index (χ0) is 9.68. The maximum absolute atomic E-state index is 10.9. The summed E-state index contributed by atoms with van der Waals surface area (Å²) < 4.78 is 5.08. The van der Waals surface area contributed by atoms with Gasteiger partial charge >= 0.3 is 5.97 Å². The molecule has 0 radical (unpaired) electrons. The van der Waals surface area contributed by atoms with Gasteiger partial charge in [-0.15, -0.1) is 0 Å². The predicted octanol–water partition coefficient (Wildman–Crippen LogP) is -0.334. The van der Waals surface area contributed by atoms with Crippen molar-refractivity contribution in [2.24, 2.45) is 0 Å². The largest absolute Gasteiger partial charge is 0.458 e. The van der Waals surface area contributed by atoms with Crippen molar-refractivity contribution in [2.75, 3.05) is 19.6 Å². The first-order valence-corrected chi connectivity index (χ1v) is 4.51. The van der Waals surface area contributed by atoms with E-state index in [-0.39, 0.29) is 18.1 Å². The molecule has 0 aromatic carbocycles. The maximum Gasteiger partial charge on any atom is 0.330 e. The molecule has 1 fully saturated rings. The van der Waals surface area contributed by atoms with Gasteiger partial charge < -0.3 is 15.4 Å². The monoisotopic (exact) mass is 184 g/mol. The van der Waals surface area contributed by atoms with Crippen LogP contribution in [0, 0.1) is 0 Å². The summed E-state index contributed by atoms with van der Waals surface area (Å²) >= 11 is 0. The van der Waals surface area contributed by atoms with Crippen molar-refractivity contribution >= 4 is 5.97 Å². The Kier molecular flexibility index (Phi) is 3.92. The van der Waals surface area contributed by atoms with Crippen LogP contribution >= 0.6 is 0 Å². The smallest absolute Gasteiger partial charge is 0.330 e. The van der Waals surface area contributed by atoms with Crippen LogP contribution in [0.25, 0.3) is 0 Å². The van der Waals surface area contributed by atoms with Crippen LogP contribution in [-0.2, 0) is 9.53 Å². The van der Waals surface area contributed by atoms with Crippen molar-refractivity contribution in [3.63, 3.8) is 0 Å². The highest BCUT2D eigenvalue weighted by atomic mass is 16.5. The van der Waals surface area contributed by atoms with E-state index < -0.39 is 0 Å².